The lowest BCUT2D eigenvalue weighted by molar-refractivity contribution is 0.574. The molecule has 0 fully saturated rings. The molecule has 1 N–H and O–H groups in total. The third-order valence-electron chi connectivity index (χ3n) is 2.87. The summed E-state index contributed by atoms with van der Waals surface area (Å²) in [6.45, 7) is 2.10. The van der Waals surface area contributed by atoms with Crippen LogP contribution in [0.15, 0.2) is 42.9 Å². The summed E-state index contributed by atoms with van der Waals surface area (Å²) in [5.74, 6) is 0. The van der Waals surface area contributed by atoms with Crippen LogP contribution in [-0.2, 0) is 6.42 Å². The van der Waals surface area contributed by atoms with E-state index in [9.17, 15) is 0 Å². The average molecular weight is 227 g/mol. The van der Waals surface area contributed by atoms with E-state index in [1.165, 1.54) is 11.1 Å². The highest BCUT2D eigenvalue weighted by Crippen LogP contribution is 2.15. The van der Waals surface area contributed by atoms with Crippen LogP contribution in [0.3, 0.4) is 0 Å². The van der Waals surface area contributed by atoms with Gasteiger partial charge in [-0.3, -0.25) is 0 Å². The lowest BCUT2D eigenvalue weighted by Crippen LogP contribution is -2.20. The first kappa shape index (κ1) is 11.7. The molecule has 0 saturated carbocycles. The van der Waals surface area contributed by atoms with Crippen LogP contribution in [0.5, 0.6) is 0 Å². The van der Waals surface area contributed by atoms with Gasteiger partial charge in [0.25, 0.3) is 0 Å². The van der Waals surface area contributed by atoms with Crippen molar-refractivity contribution in [1.82, 2.24) is 15.3 Å². The molecule has 3 heteroatoms. The summed E-state index contributed by atoms with van der Waals surface area (Å²) in [6, 6.07) is 10.8. The van der Waals surface area contributed by atoms with Crippen LogP contribution in [0.25, 0.3) is 0 Å². The Morgan fingerprint density at radius 1 is 1.18 bits per heavy atom. The third kappa shape index (κ3) is 3.11. The van der Waals surface area contributed by atoms with Gasteiger partial charge in [-0.1, -0.05) is 29.8 Å². The number of hydrogen-bond acceptors (Lipinski definition) is 3. The van der Waals surface area contributed by atoms with E-state index in [1.54, 1.807) is 12.5 Å². The number of rotatable bonds is 4. The van der Waals surface area contributed by atoms with Gasteiger partial charge >= 0.3 is 0 Å². The smallest absolute Gasteiger partial charge is 0.115 e. The van der Waals surface area contributed by atoms with E-state index in [-0.39, 0.29) is 6.04 Å². The molecule has 2 aromatic rings. The molecule has 0 aliphatic rings. The molecule has 1 aromatic carbocycles. The minimum Gasteiger partial charge on any atom is -0.311 e. The number of likely N-dealkylation sites (N-methyl/N-ethyl adjacent to an activating group) is 1. The predicted molar refractivity (Wildman–Crippen MR) is 68.7 cm³/mol. The predicted octanol–water partition coefficient (Wildman–Crippen LogP) is 2.29. The molecule has 0 spiro atoms. The molecule has 0 radical (unpaired) electrons. The van der Waals surface area contributed by atoms with Crippen LogP contribution in [0.2, 0.25) is 0 Å². The molecule has 88 valence electrons. The fraction of sp³-hybridized carbons (Fsp3) is 0.286. The Labute approximate surface area is 102 Å². The maximum absolute atomic E-state index is 4.29. The molecular formula is C14H17N3. The molecule has 2 rings (SSSR count). The highest BCUT2D eigenvalue weighted by molar-refractivity contribution is 5.23. The molecular weight excluding hydrogens is 210 g/mol. The first-order valence-electron chi connectivity index (χ1n) is 5.78. The van der Waals surface area contributed by atoms with Crippen LogP contribution in [0, 0.1) is 6.92 Å². The normalized spacial score (nSPS) is 12.4. The average Bonchev–Trinajstić information content (AvgIpc) is 2.39. The van der Waals surface area contributed by atoms with Crippen molar-refractivity contribution in [1.29, 1.82) is 0 Å². The van der Waals surface area contributed by atoms with Crippen molar-refractivity contribution in [3.8, 4) is 0 Å². The van der Waals surface area contributed by atoms with Gasteiger partial charge in [-0.05, 0) is 32.0 Å². The zero-order valence-corrected chi connectivity index (χ0v) is 10.2. The molecule has 1 atom stereocenters. The van der Waals surface area contributed by atoms with Crippen molar-refractivity contribution in [2.45, 2.75) is 19.4 Å². The zero-order valence-electron chi connectivity index (χ0n) is 10.2. The fourth-order valence-electron chi connectivity index (χ4n) is 1.82. The monoisotopic (exact) mass is 227 g/mol. The number of benzene rings is 1. The van der Waals surface area contributed by atoms with E-state index < -0.39 is 0 Å². The first-order valence-corrected chi connectivity index (χ1v) is 5.78. The minimum absolute atomic E-state index is 0.237. The first-order chi connectivity index (χ1) is 8.29. The summed E-state index contributed by atoms with van der Waals surface area (Å²) in [4.78, 5) is 8.23. The number of hydrogen-bond donors (Lipinski definition) is 1. The van der Waals surface area contributed by atoms with Crippen LogP contribution < -0.4 is 5.32 Å². The van der Waals surface area contributed by atoms with Crippen molar-refractivity contribution in [3.63, 3.8) is 0 Å². The molecule has 1 aromatic heterocycles. The quantitative estimate of drug-likeness (QED) is 0.870. The third-order valence-corrected chi connectivity index (χ3v) is 2.87. The molecule has 0 amide bonds. The highest BCUT2D eigenvalue weighted by Gasteiger charge is 2.10. The van der Waals surface area contributed by atoms with Crippen molar-refractivity contribution in [2.75, 3.05) is 7.05 Å². The van der Waals surface area contributed by atoms with Crippen LogP contribution in [0.1, 0.15) is 22.9 Å². The van der Waals surface area contributed by atoms with E-state index >= 15 is 0 Å². The van der Waals surface area contributed by atoms with E-state index in [2.05, 4.69) is 46.5 Å². The van der Waals surface area contributed by atoms with E-state index in [1.807, 2.05) is 13.1 Å². The summed E-state index contributed by atoms with van der Waals surface area (Å²) in [7, 11) is 1.96. The maximum atomic E-state index is 4.29. The van der Waals surface area contributed by atoms with Gasteiger partial charge in [-0.25, -0.2) is 9.97 Å². The molecule has 3 nitrogen and oxygen atoms in total. The van der Waals surface area contributed by atoms with Crippen molar-refractivity contribution in [2.24, 2.45) is 0 Å². The molecule has 0 aliphatic heterocycles. The Kier molecular flexibility index (Phi) is 3.83. The molecule has 1 unspecified atom stereocenters. The molecule has 0 aliphatic carbocycles. The Morgan fingerprint density at radius 2 is 1.94 bits per heavy atom. The van der Waals surface area contributed by atoms with Gasteiger partial charge in [-0.2, -0.15) is 0 Å². The van der Waals surface area contributed by atoms with Crippen molar-refractivity contribution >= 4 is 0 Å². The lowest BCUT2D eigenvalue weighted by atomic mass is 10.0. The summed E-state index contributed by atoms with van der Waals surface area (Å²) in [5, 5.41) is 3.29. The van der Waals surface area contributed by atoms with Gasteiger partial charge in [0, 0.05) is 6.20 Å². The zero-order chi connectivity index (χ0) is 12.1. The van der Waals surface area contributed by atoms with Gasteiger partial charge < -0.3 is 5.32 Å². The van der Waals surface area contributed by atoms with Gasteiger partial charge in [-0.15, -0.1) is 0 Å². The Balaban J connectivity index is 2.13. The molecule has 1 heterocycles. The van der Waals surface area contributed by atoms with Crippen LogP contribution in [-0.4, -0.2) is 17.0 Å². The van der Waals surface area contributed by atoms with Gasteiger partial charge in [0.2, 0.25) is 0 Å². The molecule has 0 bridgehead atoms. The second-order valence-electron chi connectivity index (χ2n) is 4.17. The number of aromatic nitrogens is 2. The maximum Gasteiger partial charge on any atom is 0.115 e. The largest absolute Gasteiger partial charge is 0.311 e. The lowest BCUT2D eigenvalue weighted by Gasteiger charge is -2.15. The standard InChI is InChI=1S/C14H17N3/c1-11-3-5-12(6-4-11)9-14(15-2)13-7-8-16-10-17-13/h3-8,10,14-15H,9H2,1-2H3. The Hall–Kier alpha value is -1.74. The summed E-state index contributed by atoms with van der Waals surface area (Å²) in [5.41, 5.74) is 3.63. The van der Waals surface area contributed by atoms with Gasteiger partial charge in [0.1, 0.15) is 6.33 Å². The van der Waals surface area contributed by atoms with Crippen molar-refractivity contribution in [3.05, 3.63) is 59.7 Å². The highest BCUT2D eigenvalue weighted by atomic mass is 14.9. The Bertz CT molecular complexity index is 451. The Morgan fingerprint density at radius 3 is 2.53 bits per heavy atom. The number of aryl methyl sites for hydroxylation is 1. The van der Waals surface area contributed by atoms with E-state index in [0.717, 1.165) is 12.1 Å². The summed E-state index contributed by atoms with van der Waals surface area (Å²) >= 11 is 0. The van der Waals surface area contributed by atoms with Crippen molar-refractivity contribution < 1.29 is 0 Å². The summed E-state index contributed by atoms with van der Waals surface area (Å²) < 4.78 is 0. The fourth-order valence-corrected chi connectivity index (χ4v) is 1.82. The number of nitrogens with zero attached hydrogens (tertiary/aromatic N) is 2. The molecule has 0 saturated heterocycles. The van der Waals surface area contributed by atoms with Crippen LogP contribution >= 0.6 is 0 Å². The van der Waals surface area contributed by atoms with Crippen LogP contribution in [0.4, 0.5) is 0 Å². The second-order valence-corrected chi connectivity index (χ2v) is 4.17. The summed E-state index contributed by atoms with van der Waals surface area (Å²) in [6.07, 6.45) is 4.31. The van der Waals surface area contributed by atoms with Gasteiger partial charge in [0.05, 0.1) is 11.7 Å². The molecule has 17 heavy (non-hydrogen) atoms. The minimum atomic E-state index is 0.237. The van der Waals surface area contributed by atoms with E-state index in [4.69, 9.17) is 0 Å². The topological polar surface area (TPSA) is 37.8 Å². The second kappa shape index (κ2) is 5.55. The SMILES string of the molecule is CNC(Cc1ccc(C)cc1)c1ccncn1. The van der Waals surface area contributed by atoms with E-state index in [0.29, 0.717) is 0 Å². The van der Waals surface area contributed by atoms with Gasteiger partial charge in [0.15, 0.2) is 0 Å². The number of nitrogens with one attached hydrogen (secondary N) is 1.